The van der Waals surface area contributed by atoms with Crippen molar-refractivity contribution >= 4 is 12.1 Å². The molecule has 1 saturated heterocycles. The Morgan fingerprint density at radius 2 is 2.06 bits per heavy atom. The Morgan fingerprint density at radius 3 is 2.47 bits per heavy atom. The fourth-order valence-electron chi connectivity index (χ4n) is 2.06. The van der Waals surface area contributed by atoms with Gasteiger partial charge in [-0.1, -0.05) is 19.6 Å². The Bertz CT molecular complexity index is 306. The molecule has 1 rings (SSSR count). The number of piperidine rings is 1. The van der Waals surface area contributed by atoms with Gasteiger partial charge in [0.1, 0.15) is 6.61 Å². The van der Waals surface area contributed by atoms with Gasteiger partial charge in [0, 0.05) is 13.1 Å². The summed E-state index contributed by atoms with van der Waals surface area (Å²) in [7, 11) is 0. The number of hydrogen-bond donors (Lipinski definition) is 1. The molecule has 0 aromatic carbocycles. The van der Waals surface area contributed by atoms with Crippen LogP contribution in [0.15, 0.2) is 12.7 Å². The molecule has 0 atom stereocenters. The predicted octanol–water partition coefficient (Wildman–Crippen LogP) is 1.89. The summed E-state index contributed by atoms with van der Waals surface area (Å²) in [6, 6.07) is 0. The van der Waals surface area contributed by atoms with Gasteiger partial charge in [-0.15, -0.1) is 0 Å². The second-order valence-electron chi connectivity index (χ2n) is 4.29. The smallest absolute Gasteiger partial charge is 0.410 e. The van der Waals surface area contributed by atoms with Gasteiger partial charge in [0.15, 0.2) is 0 Å². The zero-order valence-electron chi connectivity index (χ0n) is 10.1. The van der Waals surface area contributed by atoms with Crippen molar-refractivity contribution in [3.8, 4) is 0 Å². The standard InChI is InChI=1S/C12H19NO4/c1-3-9-17-11(16)13-7-5-12(4-2,6-8-13)10(14)15/h3H,1,4-9H2,2H3,(H,14,15). The zero-order chi connectivity index (χ0) is 12.9. The van der Waals surface area contributed by atoms with Crippen LogP contribution in [0.5, 0.6) is 0 Å². The summed E-state index contributed by atoms with van der Waals surface area (Å²) in [6.07, 6.45) is 2.69. The van der Waals surface area contributed by atoms with Crippen molar-refractivity contribution in [1.29, 1.82) is 0 Å². The molecule has 0 saturated carbocycles. The van der Waals surface area contributed by atoms with Gasteiger partial charge in [-0.2, -0.15) is 0 Å². The van der Waals surface area contributed by atoms with Crippen molar-refractivity contribution in [3.05, 3.63) is 12.7 Å². The van der Waals surface area contributed by atoms with Crippen LogP contribution in [0.4, 0.5) is 4.79 Å². The Hall–Kier alpha value is -1.52. The number of hydrogen-bond acceptors (Lipinski definition) is 3. The normalized spacial score (nSPS) is 18.5. The minimum atomic E-state index is -0.765. The molecule has 1 heterocycles. The third-order valence-electron chi connectivity index (χ3n) is 3.43. The minimum Gasteiger partial charge on any atom is -0.481 e. The van der Waals surface area contributed by atoms with Crippen molar-refractivity contribution in [2.45, 2.75) is 26.2 Å². The maximum Gasteiger partial charge on any atom is 0.410 e. The first kappa shape index (κ1) is 13.5. The molecule has 0 unspecified atom stereocenters. The highest BCUT2D eigenvalue weighted by atomic mass is 16.6. The van der Waals surface area contributed by atoms with Crippen molar-refractivity contribution in [1.82, 2.24) is 4.90 Å². The molecular formula is C12H19NO4. The summed E-state index contributed by atoms with van der Waals surface area (Å²) in [5, 5.41) is 9.21. The number of ether oxygens (including phenoxy) is 1. The third kappa shape index (κ3) is 2.99. The van der Waals surface area contributed by atoms with Crippen LogP contribution in [-0.4, -0.2) is 41.8 Å². The van der Waals surface area contributed by atoms with Crippen LogP contribution in [0, 0.1) is 5.41 Å². The first-order valence-corrected chi connectivity index (χ1v) is 5.81. The van der Waals surface area contributed by atoms with Crippen LogP contribution in [0.25, 0.3) is 0 Å². The first-order valence-electron chi connectivity index (χ1n) is 5.81. The highest BCUT2D eigenvalue weighted by Gasteiger charge is 2.41. The maximum atomic E-state index is 11.5. The molecule has 0 radical (unpaired) electrons. The van der Waals surface area contributed by atoms with E-state index >= 15 is 0 Å². The highest BCUT2D eigenvalue weighted by Crippen LogP contribution is 2.35. The van der Waals surface area contributed by atoms with E-state index in [0.29, 0.717) is 32.4 Å². The lowest BCUT2D eigenvalue weighted by molar-refractivity contribution is -0.152. The minimum absolute atomic E-state index is 0.188. The number of carboxylic acids is 1. The van der Waals surface area contributed by atoms with Gasteiger partial charge in [-0.05, 0) is 19.3 Å². The topological polar surface area (TPSA) is 66.8 Å². The van der Waals surface area contributed by atoms with Gasteiger partial charge in [0.05, 0.1) is 5.41 Å². The van der Waals surface area contributed by atoms with Crippen LogP contribution in [0.2, 0.25) is 0 Å². The quantitative estimate of drug-likeness (QED) is 0.763. The van der Waals surface area contributed by atoms with Crippen molar-refractivity contribution in [2.24, 2.45) is 5.41 Å². The molecule has 1 aliphatic rings. The molecule has 1 aliphatic heterocycles. The Morgan fingerprint density at radius 1 is 1.47 bits per heavy atom. The predicted molar refractivity (Wildman–Crippen MR) is 62.7 cm³/mol. The van der Waals surface area contributed by atoms with Crippen molar-refractivity contribution in [2.75, 3.05) is 19.7 Å². The van der Waals surface area contributed by atoms with E-state index in [0.717, 1.165) is 0 Å². The Kier molecular flexibility index (Phi) is 4.54. The average molecular weight is 241 g/mol. The average Bonchev–Trinajstić information content (AvgIpc) is 2.35. The largest absolute Gasteiger partial charge is 0.481 e. The second kappa shape index (κ2) is 5.70. The molecule has 0 bridgehead atoms. The molecule has 1 N–H and O–H groups in total. The molecule has 0 aromatic rings. The van der Waals surface area contributed by atoms with Crippen molar-refractivity contribution in [3.63, 3.8) is 0 Å². The van der Waals surface area contributed by atoms with Crippen LogP contribution < -0.4 is 0 Å². The van der Waals surface area contributed by atoms with Crippen LogP contribution >= 0.6 is 0 Å². The number of likely N-dealkylation sites (tertiary alicyclic amines) is 1. The third-order valence-corrected chi connectivity index (χ3v) is 3.43. The van der Waals surface area contributed by atoms with E-state index in [4.69, 9.17) is 4.74 Å². The lowest BCUT2D eigenvalue weighted by atomic mass is 9.76. The van der Waals surface area contributed by atoms with E-state index in [1.165, 1.54) is 6.08 Å². The summed E-state index contributed by atoms with van der Waals surface area (Å²) in [4.78, 5) is 24.3. The monoisotopic (exact) mass is 241 g/mol. The lowest BCUT2D eigenvalue weighted by Gasteiger charge is -2.37. The molecule has 17 heavy (non-hydrogen) atoms. The summed E-state index contributed by atoms with van der Waals surface area (Å²) < 4.78 is 4.91. The fourth-order valence-corrected chi connectivity index (χ4v) is 2.06. The second-order valence-corrected chi connectivity index (χ2v) is 4.29. The molecule has 5 nitrogen and oxygen atoms in total. The molecule has 96 valence electrons. The summed E-state index contributed by atoms with van der Waals surface area (Å²) in [5.41, 5.74) is -0.671. The SMILES string of the molecule is C=CCOC(=O)N1CCC(CC)(C(=O)O)CC1. The maximum absolute atomic E-state index is 11.5. The summed E-state index contributed by atoms with van der Waals surface area (Å²) in [5.74, 6) is -0.765. The van der Waals surface area contributed by atoms with Gasteiger partial charge in [-0.3, -0.25) is 4.79 Å². The number of amides is 1. The first-order chi connectivity index (χ1) is 8.05. The van der Waals surface area contributed by atoms with Crippen LogP contribution in [-0.2, 0) is 9.53 Å². The van der Waals surface area contributed by atoms with Gasteiger partial charge in [0.25, 0.3) is 0 Å². The zero-order valence-corrected chi connectivity index (χ0v) is 10.1. The van der Waals surface area contributed by atoms with Crippen LogP contribution in [0.1, 0.15) is 26.2 Å². The molecule has 1 fully saturated rings. The Balaban J connectivity index is 2.52. The van der Waals surface area contributed by atoms with E-state index in [1.54, 1.807) is 4.90 Å². The lowest BCUT2D eigenvalue weighted by Crippen LogP contribution is -2.46. The highest BCUT2D eigenvalue weighted by molar-refractivity contribution is 5.75. The Labute approximate surface area is 101 Å². The van der Waals surface area contributed by atoms with E-state index < -0.39 is 11.4 Å². The van der Waals surface area contributed by atoms with E-state index in [9.17, 15) is 14.7 Å². The van der Waals surface area contributed by atoms with Gasteiger partial charge in [0.2, 0.25) is 0 Å². The molecule has 1 amide bonds. The van der Waals surface area contributed by atoms with E-state index in [-0.39, 0.29) is 12.7 Å². The number of carbonyl (C=O) groups excluding carboxylic acids is 1. The molecule has 0 spiro atoms. The van der Waals surface area contributed by atoms with E-state index in [1.807, 2.05) is 6.92 Å². The summed E-state index contributed by atoms with van der Waals surface area (Å²) >= 11 is 0. The number of nitrogens with zero attached hydrogens (tertiary/aromatic N) is 1. The number of carboxylic acid groups (broad SMARTS) is 1. The van der Waals surface area contributed by atoms with Gasteiger partial charge < -0.3 is 14.7 Å². The molecule has 0 aliphatic carbocycles. The number of rotatable bonds is 4. The molecular weight excluding hydrogens is 222 g/mol. The molecule has 5 heteroatoms. The summed E-state index contributed by atoms with van der Waals surface area (Å²) in [6.45, 7) is 6.41. The van der Waals surface area contributed by atoms with Crippen molar-refractivity contribution < 1.29 is 19.4 Å². The van der Waals surface area contributed by atoms with Crippen LogP contribution in [0.3, 0.4) is 0 Å². The fraction of sp³-hybridized carbons (Fsp3) is 0.667. The van der Waals surface area contributed by atoms with E-state index in [2.05, 4.69) is 6.58 Å². The number of aliphatic carboxylic acids is 1. The molecule has 0 aromatic heterocycles. The van der Waals surface area contributed by atoms with Gasteiger partial charge in [-0.25, -0.2) is 4.79 Å². The number of carbonyl (C=O) groups is 2. The van der Waals surface area contributed by atoms with Gasteiger partial charge >= 0.3 is 12.1 Å².